The average molecular weight is 371 g/mol. The van der Waals surface area contributed by atoms with Crippen LogP contribution in [0.4, 0.5) is 0 Å². The molecule has 0 radical (unpaired) electrons. The lowest BCUT2D eigenvalue weighted by atomic mass is 9.73. The summed E-state index contributed by atoms with van der Waals surface area (Å²) in [6.45, 7) is 3.61. The second-order valence-corrected chi connectivity index (χ2v) is 7.71. The van der Waals surface area contributed by atoms with Gasteiger partial charge in [0, 0.05) is 32.9 Å². The van der Waals surface area contributed by atoms with E-state index in [0.717, 1.165) is 24.4 Å². The summed E-state index contributed by atoms with van der Waals surface area (Å²) < 4.78 is 1.97. The SMILES string of the molecule is Cc1nc(CN2CC[C@@H](O)[C@](CCCc3ccccc3)(C(=O)O)C2)cn1C. The monoisotopic (exact) mass is 371 g/mol. The van der Waals surface area contributed by atoms with E-state index < -0.39 is 17.5 Å². The summed E-state index contributed by atoms with van der Waals surface area (Å²) >= 11 is 0. The molecule has 0 aliphatic carbocycles. The van der Waals surface area contributed by atoms with Gasteiger partial charge >= 0.3 is 5.97 Å². The predicted molar refractivity (Wildman–Crippen MR) is 103 cm³/mol. The van der Waals surface area contributed by atoms with Gasteiger partial charge in [0.25, 0.3) is 0 Å². The number of rotatable bonds is 7. The number of aliphatic hydroxyl groups is 1. The van der Waals surface area contributed by atoms with Crippen LogP contribution >= 0.6 is 0 Å². The molecular weight excluding hydrogens is 342 g/mol. The molecule has 6 heteroatoms. The molecule has 1 saturated heterocycles. The molecule has 3 rings (SSSR count). The Morgan fingerprint density at radius 2 is 2.07 bits per heavy atom. The molecule has 146 valence electrons. The third-order valence-electron chi connectivity index (χ3n) is 5.76. The molecule has 1 aromatic carbocycles. The number of nitrogens with zero attached hydrogens (tertiary/aromatic N) is 3. The number of carboxylic acid groups (broad SMARTS) is 1. The standard InChI is InChI=1S/C21H29N3O3/c1-16-22-18(13-23(16)2)14-24-12-10-19(25)21(15-24,20(26)27)11-6-9-17-7-4-3-5-8-17/h3-5,7-8,13,19,25H,6,9-12,14-15H2,1-2H3,(H,26,27)/t19-,21-/m1/s1. The van der Waals surface area contributed by atoms with Crippen molar-refractivity contribution in [3.63, 3.8) is 0 Å². The van der Waals surface area contributed by atoms with Gasteiger partial charge in [-0.15, -0.1) is 0 Å². The minimum absolute atomic E-state index is 0.355. The highest BCUT2D eigenvalue weighted by atomic mass is 16.4. The Morgan fingerprint density at radius 3 is 2.70 bits per heavy atom. The van der Waals surface area contributed by atoms with Gasteiger partial charge in [0.15, 0.2) is 0 Å². The number of imidazole rings is 1. The van der Waals surface area contributed by atoms with Crippen molar-refractivity contribution < 1.29 is 15.0 Å². The molecule has 6 nitrogen and oxygen atoms in total. The van der Waals surface area contributed by atoms with Gasteiger partial charge in [0.1, 0.15) is 11.2 Å². The molecule has 0 spiro atoms. The van der Waals surface area contributed by atoms with Crippen LogP contribution in [-0.4, -0.2) is 49.8 Å². The highest BCUT2D eigenvalue weighted by molar-refractivity contribution is 5.76. The third-order valence-corrected chi connectivity index (χ3v) is 5.76. The van der Waals surface area contributed by atoms with E-state index in [-0.39, 0.29) is 0 Å². The zero-order valence-electron chi connectivity index (χ0n) is 16.1. The molecule has 2 N–H and O–H groups in total. The lowest BCUT2D eigenvalue weighted by Gasteiger charge is -2.43. The van der Waals surface area contributed by atoms with Crippen molar-refractivity contribution in [3.8, 4) is 0 Å². The van der Waals surface area contributed by atoms with Crippen LogP contribution in [-0.2, 0) is 24.8 Å². The maximum absolute atomic E-state index is 12.2. The molecule has 1 aliphatic rings. The molecule has 1 aliphatic heterocycles. The quantitative estimate of drug-likeness (QED) is 0.781. The Kier molecular flexibility index (Phi) is 5.97. The Labute approximate surface area is 160 Å². The molecular formula is C21H29N3O3. The molecule has 27 heavy (non-hydrogen) atoms. The Bertz CT molecular complexity index is 755. The van der Waals surface area contributed by atoms with Crippen LogP contribution in [0.5, 0.6) is 0 Å². The smallest absolute Gasteiger partial charge is 0.313 e. The van der Waals surface area contributed by atoms with E-state index in [1.165, 1.54) is 5.56 Å². The number of aliphatic hydroxyl groups excluding tert-OH is 1. The van der Waals surface area contributed by atoms with Crippen LogP contribution in [0.15, 0.2) is 36.5 Å². The van der Waals surface area contributed by atoms with E-state index in [1.54, 1.807) is 0 Å². The highest BCUT2D eigenvalue weighted by Crippen LogP contribution is 2.36. The van der Waals surface area contributed by atoms with Gasteiger partial charge in [-0.25, -0.2) is 4.98 Å². The Morgan fingerprint density at radius 1 is 1.33 bits per heavy atom. The zero-order valence-corrected chi connectivity index (χ0v) is 16.1. The van der Waals surface area contributed by atoms with Crippen molar-refractivity contribution >= 4 is 5.97 Å². The van der Waals surface area contributed by atoms with Crippen molar-refractivity contribution in [3.05, 3.63) is 53.6 Å². The summed E-state index contributed by atoms with van der Waals surface area (Å²) in [5, 5.41) is 20.6. The third kappa shape index (κ3) is 4.39. The fourth-order valence-corrected chi connectivity index (χ4v) is 4.05. The first-order chi connectivity index (χ1) is 12.9. The number of benzene rings is 1. The fraction of sp³-hybridized carbons (Fsp3) is 0.524. The molecule has 0 bridgehead atoms. The fourth-order valence-electron chi connectivity index (χ4n) is 4.05. The van der Waals surface area contributed by atoms with Crippen molar-refractivity contribution in [2.24, 2.45) is 12.5 Å². The van der Waals surface area contributed by atoms with Gasteiger partial charge in [-0.2, -0.15) is 0 Å². The van der Waals surface area contributed by atoms with Crippen molar-refractivity contribution in [1.82, 2.24) is 14.5 Å². The average Bonchev–Trinajstić information content (AvgIpc) is 2.95. The van der Waals surface area contributed by atoms with Gasteiger partial charge in [-0.1, -0.05) is 30.3 Å². The highest BCUT2D eigenvalue weighted by Gasteiger charge is 2.48. The molecule has 1 fully saturated rings. The maximum atomic E-state index is 12.2. The summed E-state index contributed by atoms with van der Waals surface area (Å²) in [5.41, 5.74) is 1.02. The van der Waals surface area contributed by atoms with Crippen LogP contribution in [0.2, 0.25) is 0 Å². The molecule has 0 saturated carbocycles. The van der Waals surface area contributed by atoms with Gasteiger partial charge in [0.2, 0.25) is 0 Å². The van der Waals surface area contributed by atoms with Gasteiger partial charge in [-0.3, -0.25) is 9.69 Å². The lowest BCUT2D eigenvalue weighted by Crippen LogP contribution is -2.55. The van der Waals surface area contributed by atoms with Crippen LogP contribution in [0.25, 0.3) is 0 Å². The van der Waals surface area contributed by atoms with Crippen molar-refractivity contribution in [2.45, 2.75) is 45.3 Å². The van der Waals surface area contributed by atoms with Crippen molar-refractivity contribution in [2.75, 3.05) is 13.1 Å². The first-order valence-electron chi connectivity index (χ1n) is 9.57. The molecule has 0 amide bonds. The molecule has 2 heterocycles. The van der Waals surface area contributed by atoms with E-state index in [2.05, 4.69) is 22.0 Å². The second kappa shape index (κ2) is 8.23. The first-order valence-corrected chi connectivity index (χ1v) is 9.57. The summed E-state index contributed by atoms with van der Waals surface area (Å²) in [5.74, 6) is 0.0411. The van der Waals surface area contributed by atoms with E-state index in [4.69, 9.17) is 0 Å². The minimum Gasteiger partial charge on any atom is -0.481 e. The molecule has 1 aromatic heterocycles. The number of aromatic nitrogens is 2. The Balaban J connectivity index is 1.68. The number of likely N-dealkylation sites (tertiary alicyclic amines) is 1. The number of piperidine rings is 1. The first kappa shape index (κ1) is 19.6. The summed E-state index contributed by atoms with van der Waals surface area (Å²) in [6, 6.07) is 10.1. The van der Waals surface area contributed by atoms with E-state index >= 15 is 0 Å². The van der Waals surface area contributed by atoms with E-state index in [0.29, 0.717) is 32.5 Å². The number of aryl methyl sites for hydroxylation is 3. The van der Waals surface area contributed by atoms with Crippen LogP contribution in [0, 0.1) is 12.3 Å². The summed E-state index contributed by atoms with van der Waals surface area (Å²) in [4.78, 5) is 18.8. The van der Waals surface area contributed by atoms with Crippen molar-refractivity contribution in [1.29, 1.82) is 0 Å². The van der Waals surface area contributed by atoms with Gasteiger partial charge in [0.05, 0.1) is 11.8 Å². The minimum atomic E-state index is -1.11. The van der Waals surface area contributed by atoms with E-state index in [1.807, 2.05) is 42.9 Å². The molecule has 0 unspecified atom stereocenters. The largest absolute Gasteiger partial charge is 0.481 e. The number of aliphatic carboxylic acids is 1. The molecule has 2 atom stereocenters. The summed E-state index contributed by atoms with van der Waals surface area (Å²) in [7, 11) is 1.96. The lowest BCUT2D eigenvalue weighted by molar-refractivity contribution is -0.164. The van der Waals surface area contributed by atoms with Gasteiger partial charge < -0.3 is 14.8 Å². The van der Waals surface area contributed by atoms with Gasteiger partial charge in [-0.05, 0) is 38.2 Å². The van der Waals surface area contributed by atoms with Crippen LogP contribution in [0.3, 0.4) is 0 Å². The number of carboxylic acids is 1. The number of hydrogen-bond donors (Lipinski definition) is 2. The normalized spacial score (nSPS) is 23.4. The van der Waals surface area contributed by atoms with Crippen LogP contribution in [0.1, 0.15) is 36.3 Å². The van der Waals surface area contributed by atoms with E-state index in [9.17, 15) is 15.0 Å². The topological polar surface area (TPSA) is 78.6 Å². The van der Waals surface area contributed by atoms with Crippen LogP contribution < -0.4 is 0 Å². The summed E-state index contributed by atoms with van der Waals surface area (Å²) in [6.07, 6.45) is 3.68. The maximum Gasteiger partial charge on any atom is 0.313 e. The molecule has 2 aromatic rings. The number of hydrogen-bond acceptors (Lipinski definition) is 4. The Hall–Kier alpha value is -2.18. The zero-order chi connectivity index (χ0) is 19.4. The number of carbonyl (C=O) groups is 1. The second-order valence-electron chi connectivity index (χ2n) is 7.71. The predicted octanol–water partition coefficient (Wildman–Crippen LogP) is 2.39.